The molecule has 0 saturated heterocycles. The van der Waals surface area contributed by atoms with Crippen molar-refractivity contribution in [3.8, 4) is 11.3 Å². The van der Waals surface area contributed by atoms with Gasteiger partial charge in [-0.05, 0) is 86.2 Å². The predicted octanol–water partition coefficient (Wildman–Crippen LogP) is 5.70. The smallest absolute Gasteiger partial charge is 0.0712 e. The molecule has 0 saturated carbocycles. The molecule has 22 heavy (non-hydrogen) atoms. The number of hydrogen-bond acceptors (Lipinski definition) is 1. The van der Waals surface area contributed by atoms with Crippen LogP contribution in [0, 0.1) is 27.7 Å². The van der Waals surface area contributed by atoms with Crippen molar-refractivity contribution in [1.82, 2.24) is 4.98 Å². The summed E-state index contributed by atoms with van der Waals surface area (Å²) in [4.78, 5) is 4.91. The van der Waals surface area contributed by atoms with Crippen LogP contribution in [-0.4, -0.2) is 4.98 Å². The summed E-state index contributed by atoms with van der Waals surface area (Å²) in [7, 11) is 0. The zero-order valence-electron chi connectivity index (χ0n) is 14.1. The average molecular weight is 289 g/mol. The molecule has 0 aliphatic carbocycles. The van der Waals surface area contributed by atoms with E-state index < -0.39 is 0 Å². The zero-order valence-corrected chi connectivity index (χ0v) is 14.1. The van der Waals surface area contributed by atoms with Gasteiger partial charge in [-0.25, -0.2) is 4.98 Å². The molecule has 2 aromatic carbocycles. The van der Waals surface area contributed by atoms with Gasteiger partial charge in [0.15, 0.2) is 0 Å². The number of pyridine rings is 1. The number of rotatable bonds is 2. The lowest BCUT2D eigenvalue weighted by Gasteiger charge is -2.11. The molecule has 0 fully saturated rings. The fourth-order valence-electron chi connectivity index (χ4n) is 3.09. The van der Waals surface area contributed by atoms with Crippen LogP contribution in [0.5, 0.6) is 0 Å². The Kier molecular flexibility index (Phi) is 3.74. The Labute approximate surface area is 133 Å². The van der Waals surface area contributed by atoms with Gasteiger partial charge in [0.1, 0.15) is 0 Å². The van der Waals surface area contributed by atoms with Gasteiger partial charge in [0.2, 0.25) is 0 Å². The zero-order chi connectivity index (χ0) is 15.9. The minimum Gasteiger partial charge on any atom is -0.248 e. The Bertz CT molecular complexity index is 859. The standard InChI is InChI=1S/C21H23N/c1-6-17-12-18-7-8-20(22-21(18)11-15(17)4)19-10-14(3)13(2)9-16(19)5/h7-12H,6H2,1-5H3. The molecular formula is C21H23N. The summed E-state index contributed by atoms with van der Waals surface area (Å²) in [5.74, 6) is 0. The highest BCUT2D eigenvalue weighted by Gasteiger charge is 2.08. The maximum absolute atomic E-state index is 4.91. The van der Waals surface area contributed by atoms with E-state index in [1.54, 1.807) is 0 Å². The van der Waals surface area contributed by atoms with Crippen molar-refractivity contribution in [2.45, 2.75) is 41.0 Å². The molecule has 3 aromatic rings. The second-order valence-electron chi connectivity index (χ2n) is 6.27. The van der Waals surface area contributed by atoms with Gasteiger partial charge in [-0.1, -0.05) is 19.1 Å². The Hall–Kier alpha value is -2.15. The van der Waals surface area contributed by atoms with Crippen LogP contribution < -0.4 is 0 Å². The monoisotopic (exact) mass is 289 g/mol. The van der Waals surface area contributed by atoms with Gasteiger partial charge < -0.3 is 0 Å². The predicted molar refractivity (Wildman–Crippen MR) is 95.5 cm³/mol. The molecule has 1 heterocycles. The van der Waals surface area contributed by atoms with E-state index in [4.69, 9.17) is 4.98 Å². The maximum Gasteiger partial charge on any atom is 0.0712 e. The fraction of sp³-hybridized carbons (Fsp3) is 0.286. The van der Waals surface area contributed by atoms with Gasteiger partial charge in [0.05, 0.1) is 11.2 Å². The Morgan fingerprint density at radius 3 is 2.23 bits per heavy atom. The highest BCUT2D eigenvalue weighted by molar-refractivity contribution is 5.83. The average Bonchev–Trinajstić information content (AvgIpc) is 2.49. The minimum atomic E-state index is 1.07. The van der Waals surface area contributed by atoms with E-state index in [1.165, 1.54) is 38.8 Å². The molecule has 0 bridgehead atoms. The minimum absolute atomic E-state index is 1.07. The molecule has 1 nitrogen and oxygen atoms in total. The lowest BCUT2D eigenvalue weighted by Crippen LogP contribution is -1.93. The molecule has 0 amide bonds. The van der Waals surface area contributed by atoms with Crippen molar-refractivity contribution in [3.63, 3.8) is 0 Å². The van der Waals surface area contributed by atoms with E-state index in [0.29, 0.717) is 0 Å². The molecule has 1 heteroatoms. The van der Waals surface area contributed by atoms with Crippen molar-refractivity contribution >= 4 is 10.9 Å². The van der Waals surface area contributed by atoms with Crippen LogP contribution in [0.15, 0.2) is 36.4 Å². The van der Waals surface area contributed by atoms with Crippen LogP contribution in [0.3, 0.4) is 0 Å². The summed E-state index contributed by atoms with van der Waals surface area (Å²) in [6, 6.07) is 13.3. The molecule has 3 rings (SSSR count). The van der Waals surface area contributed by atoms with Gasteiger partial charge in [-0.3, -0.25) is 0 Å². The van der Waals surface area contributed by atoms with E-state index in [0.717, 1.165) is 17.6 Å². The number of aromatic nitrogens is 1. The van der Waals surface area contributed by atoms with Crippen molar-refractivity contribution < 1.29 is 0 Å². The lowest BCUT2D eigenvalue weighted by molar-refractivity contribution is 1.11. The first kappa shape index (κ1) is 14.8. The SMILES string of the molecule is CCc1cc2ccc(-c3cc(C)c(C)cc3C)nc2cc1C. The van der Waals surface area contributed by atoms with E-state index in [1.807, 2.05) is 0 Å². The van der Waals surface area contributed by atoms with Crippen molar-refractivity contribution in [1.29, 1.82) is 0 Å². The summed E-state index contributed by atoms with van der Waals surface area (Å²) in [5.41, 5.74) is 10.1. The molecule has 1 aromatic heterocycles. The first-order chi connectivity index (χ1) is 10.5. The summed E-state index contributed by atoms with van der Waals surface area (Å²) in [5, 5.41) is 1.23. The van der Waals surface area contributed by atoms with Gasteiger partial charge in [-0.15, -0.1) is 0 Å². The molecule has 0 aliphatic heterocycles. The van der Waals surface area contributed by atoms with E-state index in [9.17, 15) is 0 Å². The van der Waals surface area contributed by atoms with Gasteiger partial charge in [-0.2, -0.15) is 0 Å². The molecule has 0 atom stereocenters. The molecule has 0 unspecified atom stereocenters. The third-order valence-corrected chi connectivity index (χ3v) is 4.64. The third kappa shape index (κ3) is 2.52. The lowest BCUT2D eigenvalue weighted by atomic mass is 9.97. The summed E-state index contributed by atoms with van der Waals surface area (Å²) in [6.45, 7) is 10.9. The normalized spacial score (nSPS) is 11.1. The van der Waals surface area contributed by atoms with Crippen molar-refractivity contribution in [3.05, 3.63) is 64.2 Å². The fourth-order valence-corrected chi connectivity index (χ4v) is 3.09. The van der Waals surface area contributed by atoms with Crippen molar-refractivity contribution in [2.24, 2.45) is 0 Å². The highest BCUT2D eigenvalue weighted by Crippen LogP contribution is 2.28. The number of aryl methyl sites for hydroxylation is 5. The van der Waals surface area contributed by atoms with Crippen molar-refractivity contribution in [2.75, 3.05) is 0 Å². The van der Waals surface area contributed by atoms with Crippen LogP contribution in [0.4, 0.5) is 0 Å². The van der Waals surface area contributed by atoms with Crippen LogP contribution in [0.2, 0.25) is 0 Å². The van der Waals surface area contributed by atoms with Gasteiger partial charge in [0, 0.05) is 10.9 Å². The molecule has 112 valence electrons. The van der Waals surface area contributed by atoms with E-state index in [2.05, 4.69) is 71.0 Å². The van der Waals surface area contributed by atoms with Crippen LogP contribution in [-0.2, 0) is 6.42 Å². The maximum atomic E-state index is 4.91. The molecule has 0 aliphatic rings. The third-order valence-electron chi connectivity index (χ3n) is 4.64. The van der Waals surface area contributed by atoms with Gasteiger partial charge >= 0.3 is 0 Å². The second kappa shape index (κ2) is 5.57. The molecule has 0 spiro atoms. The van der Waals surface area contributed by atoms with Crippen LogP contribution in [0.1, 0.15) is 34.7 Å². The summed E-state index contributed by atoms with van der Waals surface area (Å²) >= 11 is 0. The first-order valence-corrected chi connectivity index (χ1v) is 7.98. The molecular weight excluding hydrogens is 266 g/mol. The van der Waals surface area contributed by atoms with Gasteiger partial charge in [0.25, 0.3) is 0 Å². The Morgan fingerprint density at radius 1 is 0.773 bits per heavy atom. The Balaban J connectivity index is 2.19. The summed E-state index contributed by atoms with van der Waals surface area (Å²) < 4.78 is 0. The first-order valence-electron chi connectivity index (χ1n) is 7.98. The summed E-state index contributed by atoms with van der Waals surface area (Å²) in [6.07, 6.45) is 1.07. The number of hydrogen-bond donors (Lipinski definition) is 0. The van der Waals surface area contributed by atoms with Crippen LogP contribution in [0.25, 0.3) is 22.2 Å². The topological polar surface area (TPSA) is 12.9 Å². The molecule has 0 N–H and O–H groups in total. The largest absolute Gasteiger partial charge is 0.248 e. The quantitative estimate of drug-likeness (QED) is 0.590. The Morgan fingerprint density at radius 2 is 1.50 bits per heavy atom. The van der Waals surface area contributed by atoms with E-state index in [-0.39, 0.29) is 0 Å². The van der Waals surface area contributed by atoms with E-state index >= 15 is 0 Å². The van der Waals surface area contributed by atoms with Crippen LogP contribution >= 0.6 is 0 Å². The number of nitrogens with zero attached hydrogens (tertiary/aromatic N) is 1. The second-order valence-corrected chi connectivity index (χ2v) is 6.27. The molecule has 0 radical (unpaired) electrons. The highest BCUT2D eigenvalue weighted by atomic mass is 14.7. The number of fused-ring (bicyclic) bond motifs is 1. The number of benzene rings is 2.